The first-order chi connectivity index (χ1) is 8.95. The van der Waals surface area contributed by atoms with Gasteiger partial charge in [-0.3, -0.25) is 0 Å². The summed E-state index contributed by atoms with van der Waals surface area (Å²) >= 11 is 0. The first-order valence-electron chi connectivity index (χ1n) is 6.49. The average Bonchev–Trinajstić information content (AvgIpc) is 2.32. The molecule has 1 nitrogen and oxygen atoms in total. The van der Waals surface area contributed by atoms with Crippen LogP contribution in [0.15, 0.2) is 30.9 Å². The molecule has 1 rings (SSSR count). The molecule has 0 radical (unpaired) electrons. The minimum absolute atomic E-state index is 0. The fourth-order valence-electron chi connectivity index (χ4n) is 1.86. The van der Waals surface area contributed by atoms with Gasteiger partial charge in [0.1, 0.15) is 5.75 Å². The number of hydrogen-bond acceptors (Lipinski definition) is 1. The second-order valence-electron chi connectivity index (χ2n) is 4.58. The minimum atomic E-state index is -4.94. The largest absolute Gasteiger partial charge is 1.00 e. The number of allylic oxidation sites excluding steroid dienone is 1. The normalized spacial score (nSPS) is 10.8. The smallest absolute Gasteiger partial charge is 0.494 e. The molecular formula is C14H19BF3KO. The number of hydrogen-bond donors (Lipinski definition) is 0. The van der Waals surface area contributed by atoms with E-state index >= 15 is 0 Å². The van der Waals surface area contributed by atoms with Gasteiger partial charge in [-0.25, -0.2) is 0 Å². The van der Waals surface area contributed by atoms with Crippen molar-refractivity contribution in [1.29, 1.82) is 0 Å². The van der Waals surface area contributed by atoms with Crippen LogP contribution in [-0.4, -0.2) is 13.6 Å². The third-order valence-electron chi connectivity index (χ3n) is 2.92. The zero-order valence-electron chi connectivity index (χ0n) is 12.2. The van der Waals surface area contributed by atoms with E-state index < -0.39 is 12.4 Å². The predicted molar refractivity (Wildman–Crippen MR) is 74.1 cm³/mol. The molecule has 0 saturated heterocycles. The van der Waals surface area contributed by atoms with E-state index in [1.54, 1.807) is 0 Å². The third kappa shape index (κ3) is 7.31. The molecule has 6 heteroatoms. The van der Waals surface area contributed by atoms with Crippen LogP contribution < -0.4 is 61.6 Å². The van der Waals surface area contributed by atoms with Gasteiger partial charge in [-0.1, -0.05) is 17.7 Å². The molecule has 0 saturated carbocycles. The van der Waals surface area contributed by atoms with Gasteiger partial charge in [0.25, 0.3) is 0 Å². The Kier molecular flexibility index (Phi) is 10.2. The molecule has 1 aromatic rings. The zero-order chi connectivity index (χ0) is 14.3. The van der Waals surface area contributed by atoms with Gasteiger partial charge in [0.05, 0.1) is 6.61 Å². The van der Waals surface area contributed by atoms with Crippen molar-refractivity contribution >= 4 is 12.4 Å². The Morgan fingerprint density at radius 1 is 1.20 bits per heavy atom. The van der Waals surface area contributed by atoms with Crippen LogP contribution >= 0.6 is 0 Å². The fraction of sp³-hybridized carbons (Fsp3) is 0.429. The van der Waals surface area contributed by atoms with Crippen LogP contribution in [0.1, 0.15) is 31.2 Å². The molecule has 0 spiro atoms. The second kappa shape index (κ2) is 10.1. The van der Waals surface area contributed by atoms with Crippen molar-refractivity contribution in [2.24, 2.45) is 0 Å². The van der Waals surface area contributed by atoms with Gasteiger partial charge in [-0.05, 0) is 44.7 Å². The summed E-state index contributed by atoms with van der Waals surface area (Å²) in [6, 6.07) is 3.94. The molecule has 0 bridgehead atoms. The molecule has 0 aliphatic heterocycles. The first kappa shape index (κ1) is 20.3. The van der Waals surface area contributed by atoms with Gasteiger partial charge >= 0.3 is 58.4 Å². The molecule has 0 unspecified atom stereocenters. The average molecular weight is 310 g/mol. The van der Waals surface area contributed by atoms with Gasteiger partial charge in [-0.15, -0.1) is 12.0 Å². The van der Waals surface area contributed by atoms with Crippen molar-refractivity contribution in [2.45, 2.75) is 32.6 Å². The molecule has 1 aromatic carbocycles. The Labute approximate surface area is 161 Å². The van der Waals surface area contributed by atoms with Crippen molar-refractivity contribution in [1.82, 2.24) is 0 Å². The van der Waals surface area contributed by atoms with E-state index in [1.165, 1.54) is 19.1 Å². The Morgan fingerprint density at radius 2 is 1.90 bits per heavy atom. The Balaban J connectivity index is 0.00000361. The SMILES string of the molecule is C=CCCCCCOc1ccc([B-](F)(F)F)c(C)c1.[K+]. The number of aryl methyl sites for hydroxylation is 1. The van der Waals surface area contributed by atoms with E-state index in [4.69, 9.17) is 4.74 Å². The van der Waals surface area contributed by atoms with Crippen molar-refractivity contribution < 1.29 is 69.1 Å². The van der Waals surface area contributed by atoms with Gasteiger partial charge in [0.2, 0.25) is 0 Å². The number of unbranched alkanes of at least 4 members (excludes halogenated alkanes) is 3. The summed E-state index contributed by atoms with van der Waals surface area (Å²) in [5.74, 6) is 0.505. The molecule has 106 valence electrons. The maximum Gasteiger partial charge on any atom is 1.00 e. The summed E-state index contributed by atoms with van der Waals surface area (Å²) in [7, 11) is 0. The van der Waals surface area contributed by atoms with Crippen LogP contribution in [0.5, 0.6) is 5.75 Å². The maximum absolute atomic E-state index is 12.6. The number of ether oxygens (including phenoxy) is 1. The van der Waals surface area contributed by atoms with Crippen LogP contribution in [0, 0.1) is 6.92 Å². The number of rotatable bonds is 8. The van der Waals surface area contributed by atoms with Crippen molar-refractivity contribution in [3.05, 3.63) is 36.4 Å². The molecule has 0 fully saturated rings. The summed E-state index contributed by atoms with van der Waals surface area (Å²) in [5, 5.41) is 0. The molecule has 0 heterocycles. The monoisotopic (exact) mass is 310 g/mol. The van der Waals surface area contributed by atoms with Crippen LogP contribution in [-0.2, 0) is 0 Å². The van der Waals surface area contributed by atoms with Crippen LogP contribution in [0.4, 0.5) is 12.9 Å². The van der Waals surface area contributed by atoms with E-state index in [-0.39, 0.29) is 56.9 Å². The molecule has 0 aliphatic rings. The summed E-state index contributed by atoms with van der Waals surface area (Å²) in [4.78, 5) is 0. The topological polar surface area (TPSA) is 9.23 Å². The molecule has 0 amide bonds. The van der Waals surface area contributed by atoms with Gasteiger partial charge in [0, 0.05) is 0 Å². The standard InChI is InChI=1S/C14H19BF3O.K/c1-3-4-5-6-7-10-19-13-8-9-14(12(2)11-13)15(16,17)18;/h3,8-9,11H,1,4-7,10H2,2H3;/q-1;+1. The Hall–Kier alpha value is 0.251. The van der Waals surface area contributed by atoms with Gasteiger partial charge in [-0.2, -0.15) is 0 Å². The fourth-order valence-corrected chi connectivity index (χ4v) is 1.86. The van der Waals surface area contributed by atoms with E-state index in [0.717, 1.165) is 31.7 Å². The maximum atomic E-state index is 12.6. The molecule has 20 heavy (non-hydrogen) atoms. The molecule has 0 aromatic heterocycles. The minimum Gasteiger partial charge on any atom is -0.494 e. The quantitative estimate of drug-likeness (QED) is 0.398. The summed E-state index contributed by atoms with van der Waals surface area (Å²) in [6.07, 6.45) is 5.87. The molecule has 0 aliphatic carbocycles. The van der Waals surface area contributed by atoms with Gasteiger partial charge < -0.3 is 17.7 Å². The van der Waals surface area contributed by atoms with E-state index in [2.05, 4.69) is 6.58 Å². The third-order valence-corrected chi connectivity index (χ3v) is 2.92. The van der Waals surface area contributed by atoms with Gasteiger partial charge in [0.15, 0.2) is 0 Å². The van der Waals surface area contributed by atoms with Crippen molar-refractivity contribution in [2.75, 3.05) is 6.61 Å². The summed E-state index contributed by atoms with van der Waals surface area (Å²) in [5.41, 5.74) is -0.324. The Bertz CT molecular complexity index is 421. The summed E-state index contributed by atoms with van der Waals surface area (Å²) in [6.45, 7) is 0.699. The summed E-state index contributed by atoms with van der Waals surface area (Å²) < 4.78 is 43.3. The predicted octanol–water partition coefficient (Wildman–Crippen LogP) is 1.18. The Morgan fingerprint density at radius 3 is 2.45 bits per heavy atom. The van der Waals surface area contributed by atoms with Crippen molar-refractivity contribution in [3.8, 4) is 5.75 Å². The van der Waals surface area contributed by atoms with E-state index in [1.807, 2.05) is 6.08 Å². The molecule has 0 N–H and O–H groups in total. The van der Waals surface area contributed by atoms with Crippen LogP contribution in [0.3, 0.4) is 0 Å². The first-order valence-corrected chi connectivity index (χ1v) is 6.49. The van der Waals surface area contributed by atoms with Crippen molar-refractivity contribution in [3.63, 3.8) is 0 Å². The number of benzene rings is 1. The number of halogens is 3. The van der Waals surface area contributed by atoms with Crippen LogP contribution in [0.25, 0.3) is 0 Å². The molecular weight excluding hydrogens is 291 g/mol. The molecule has 0 atom stereocenters. The van der Waals surface area contributed by atoms with E-state index in [9.17, 15) is 12.9 Å². The van der Waals surface area contributed by atoms with Crippen LogP contribution in [0.2, 0.25) is 0 Å². The van der Waals surface area contributed by atoms with E-state index in [0.29, 0.717) is 12.4 Å². The zero-order valence-corrected chi connectivity index (χ0v) is 15.3. The second-order valence-corrected chi connectivity index (χ2v) is 4.58.